The second kappa shape index (κ2) is 4.26. The number of benzene rings is 1. The number of fused-ring (bicyclic) bond motifs is 1. The van der Waals surface area contributed by atoms with E-state index in [0.29, 0.717) is 6.54 Å². The van der Waals surface area contributed by atoms with Gasteiger partial charge >= 0.3 is 5.69 Å². The van der Waals surface area contributed by atoms with E-state index in [2.05, 4.69) is 5.32 Å². The van der Waals surface area contributed by atoms with E-state index >= 15 is 0 Å². The number of imidazole rings is 1. The van der Waals surface area contributed by atoms with Crippen LogP contribution >= 0.6 is 0 Å². The lowest BCUT2D eigenvalue weighted by molar-refractivity contribution is -0.125. The number of carbonyl (C=O) groups excluding carboxylic acids is 1. The van der Waals surface area contributed by atoms with Gasteiger partial charge in [0.25, 0.3) is 0 Å². The second-order valence-electron chi connectivity index (χ2n) is 5.15. The molecule has 100 valence electrons. The lowest BCUT2D eigenvalue weighted by Gasteiger charge is -2.22. The summed E-state index contributed by atoms with van der Waals surface area (Å²) < 4.78 is 3.24. The molecule has 1 N–H and O–H groups in total. The highest BCUT2D eigenvalue weighted by molar-refractivity contribution is 5.84. The van der Waals surface area contributed by atoms with E-state index in [-0.39, 0.29) is 17.6 Å². The number of carbonyl (C=O) groups is 1. The van der Waals surface area contributed by atoms with Crippen LogP contribution in [0.3, 0.4) is 0 Å². The van der Waals surface area contributed by atoms with Crippen LogP contribution in [0.4, 0.5) is 0 Å². The van der Waals surface area contributed by atoms with E-state index in [9.17, 15) is 9.59 Å². The van der Waals surface area contributed by atoms with E-state index in [1.54, 1.807) is 16.2 Å². The number of nitrogens with zero attached hydrogens (tertiary/aromatic N) is 2. The molecule has 0 radical (unpaired) electrons. The summed E-state index contributed by atoms with van der Waals surface area (Å²) in [6, 6.07) is 5.49. The first kappa shape index (κ1) is 12.0. The zero-order chi connectivity index (χ0) is 13.6. The lowest BCUT2D eigenvalue weighted by atomic mass is 10.1. The van der Waals surface area contributed by atoms with Crippen LogP contribution in [-0.2, 0) is 11.8 Å². The number of aryl methyl sites for hydroxylation is 2. The molecule has 1 saturated heterocycles. The highest BCUT2D eigenvalue weighted by Gasteiger charge is 2.27. The van der Waals surface area contributed by atoms with E-state index < -0.39 is 0 Å². The third-order valence-corrected chi connectivity index (χ3v) is 3.81. The van der Waals surface area contributed by atoms with Gasteiger partial charge < -0.3 is 5.32 Å². The van der Waals surface area contributed by atoms with Crippen molar-refractivity contribution in [3.8, 4) is 0 Å². The fraction of sp³-hybridized carbons (Fsp3) is 0.429. The summed E-state index contributed by atoms with van der Waals surface area (Å²) in [5, 5.41) is 2.84. The van der Waals surface area contributed by atoms with Crippen LogP contribution in [0.25, 0.3) is 11.0 Å². The monoisotopic (exact) mass is 259 g/mol. The molecule has 5 nitrogen and oxygen atoms in total. The van der Waals surface area contributed by atoms with Gasteiger partial charge in [-0.3, -0.25) is 13.9 Å². The van der Waals surface area contributed by atoms with Crippen LogP contribution in [0.1, 0.15) is 24.4 Å². The Morgan fingerprint density at radius 3 is 2.79 bits per heavy atom. The van der Waals surface area contributed by atoms with Gasteiger partial charge in [0, 0.05) is 13.6 Å². The zero-order valence-corrected chi connectivity index (χ0v) is 11.1. The van der Waals surface area contributed by atoms with Crippen LogP contribution in [0.5, 0.6) is 0 Å². The molecule has 5 heteroatoms. The minimum Gasteiger partial charge on any atom is -0.354 e. The molecule has 0 saturated carbocycles. The summed E-state index contributed by atoms with van der Waals surface area (Å²) in [5.41, 5.74) is 2.69. The van der Waals surface area contributed by atoms with Crippen molar-refractivity contribution in [2.24, 2.45) is 7.05 Å². The zero-order valence-electron chi connectivity index (χ0n) is 11.1. The molecule has 2 heterocycles. The summed E-state index contributed by atoms with van der Waals surface area (Å²) in [7, 11) is 1.75. The molecular weight excluding hydrogens is 242 g/mol. The maximum absolute atomic E-state index is 12.4. The molecule has 1 unspecified atom stereocenters. The van der Waals surface area contributed by atoms with Gasteiger partial charge in [0.1, 0.15) is 6.04 Å². The molecule has 19 heavy (non-hydrogen) atoms. The molecule has 1 fully saturated rings. The Morgan fingerprint density at radius 1 is 1.26 bits per heavy atom. The van der Waals surface area contributed by atoms with Gasteiger partial charge in [0.2, 0.25) is 5.91 Å². The highest BCUT2D eigenvalue weighted by Crippen LogP contribution is 2.22. The summed E-state index contributed by atoms with van der Waals surface area (Å²) >= 11 is 0. The van der Waals surface area contributed by atoms with E-state index in [1.807, 2.05) is 25.1 Å². The van der Waals surface area contributed by atoms with Crippen LogP contribution in [-0.4, -0.2) is 21.6 Å². The Balaban J connectivity index is 2.26. The molecular formula is C14H17N3O2. The van der Waals surface area contributed by atoms with Gasteiger partial charge in [0.05, 0.1) is 11.0 Å². The van der Waals surface area contributed by atoms with E-state index in [0.717, 1.165) is 29.4 Å². The maximum atomic E-state index is 12.4. The number of piperidine rings is 1. The molecule has 1 aliphatic heterocycles. The molecule has 1 amide bonds. The van der Waals surface area contributed by atoms with Crippen LogP contribution in [0.2, 0.25) is 0 Å². The normalized spacial score (nSPS) is 19.7. The molecule has 1 atom stereocenters. The molecule has 2 aromatic rings. The predicted molar refractivity (Wildman–Crippen MR) is 73.2 cm³/mol. The van der Waals surface area contributed by atoms with Crippen LogP contribution in [0.15, 0.2) is 23.0 Å². The van der Waals surface area contributed by atoms with Gasteiger partial charge in [-0.25, -0.2) is 4.79 Å². The molecule has 1 aromatic heterocycles. The standard InChI is InChI=1S/C14H17N3O2/c1-9-5-6-10-12(8-9)16(2)14(19)17(10)11-4-3-7-15-13(11)18/h5-6,8,11H,3-4,7H2,1-2H3,(H,15,18). The lowest BCUT2D eigenvalue weighted by Crippen LogP contribution is -2.41. The highest BCUT2D eigenvalue weighted by atomic mass is 16.2. The van der Waals surface area contributed by atoms with Crippen molar-refractivity contribution >= 4 is 16.9 Å². The SMILES string of the molecule is Cc1ccc2c(c1)n(C)c(=O)n2C1CCCNC1=O. The fourth-order valence-corrected chi connectivity index (χ4v) is 2.78. The molecule has 0 bridgehead atoms. The van der Waals surface area contributed by atoms with Crippen molar-refractivity contribution in [3.05, 3.63) is 34.2 Å². The third-order valence-electron chi connectivity index (χ3n) is 3.81. The first-order valence-electron chi connectivity index (χ1n) is 6.55. The first-order chi connectivity index (χ1) is 9.09. The maximum Gasteiger partial charge on any atom is 0.329 e. The van der Waals surface area contributed by atoms with Gasteiger partial charge in [-0.2, -0.15) is 0 Å². The van der Waals surface area contributed by atoms with Crippen molar-refractivity contribution in [3.63, 3.8) is 0 Å². The van der Waals surface area contributed by atoms with Gasteiger partial charge in [-0.1, -0.05) is 6.07 Å². The fourth-order valence-electron chi connectivity index (χ4n) is 2.78. The smallest absolute Gasteiger partial charge is 0.329 e. The van der Waals surface area contributed by atoms with Crippen molar-refractivity contribution in [1.82, 2.24) is 14.5 Å². The average Bonchev–Trinajstić information content (AvgIpc) is 2.64. The van der Waals surface area contributed by atoms with E-state index in [4.69, 9.17) is 0 Å². The average molecular weight is 259 g/mol. The third kappa shape index (κ3) is 1.77. The Hall–Kier alpha value is -2.04. The number of hydrogen-bond donors (Lipinski definition) is 1. The minimum atomic E-state index is -0.382. The summed E-state index contributed by atoms with van der Waals surface area (Å²) in [6.45, 7) is 2.70. The van der Waals surface area contributed by atoms with E-state index in [1.165, 1.54) is 0 Å². The largest absolute Gasteiger partial charge is 0.354 e. The summed E-state index contributed by atoms with van der Waals surface area (Å²) in [4.78, 5) is 24.4. The number of hydrogen-bond acceptors (Lipinski definition) is 2. The van der Waals surface area contributed by atoms with Crippen LogP contribution in [0, 0.1) is 6.92 Å². The van der Waals surface area contributed by atoms with Crippen LogP contribution < -0.4 is 11.0 Å². The van der Waals surface area contributed by atoms with Crippen molar-refractivity contribution in [2.75, 3.05) is 6.54 Å². The quantitative estimate of drug-likeness (QED) is 0.833. The number of rotatable bonds is 1. The predicted octanol–water partition coefficient (Wildman–Crippen LogP) is 1.10. The Labute approximate surface area is 110 Å². The first-order valence-corrected chi connectivity index (χ1v) is 6.55. The molecule has 1 aromatic carbocycles. The molecule has 0 aliphatic carbocycles. The molecule has 0 spiro atoms. The Bertz CT molecular complexity index is 711. The van der Waals surface area contributed by atoms with Crippen molar-refractivity contribution in [2.45, 2.75) is 25.8 Å². The molecule has 1 aliphatic rings. The Morgan fingerprint density at radius 2 is 2.05 bits per heavy atom. The minimum absolute atomic E-state index is 0.0542. The van der Waals surface area contributed by atoms with Gasteiger partial charge in [-0.15, -0.1) is 0 Å². The number of nitrogens with one attached hydrogen (secondary N) is 1. The van der Waals surface area contributed by atoms with Gasteiger partial charge in [0.15, 0.2) is 0 Å². The Kier molecular flexibility index (Phi) is 2.69. The summed E-state index contributed by atoms with van der Waals surface area (Å²) in [5.74, 6) is -0.0542. The summed E-state index contributed by atoms with van der Waals surface area (Å²) in [6.07, 6.45) is 1.63. The topological polar surface area (TPSA) is 56.0 Å². The van der Waals surface area contributed by atoms with Crippen molar-refractivity contribution in [1.29, 1.82) is 0 Å². The second-order valence-corrected chi connectivity index (χ2v) is 5.15. The number of amides is 1. The van der Waals surface area contributed by atoms with Crippen molar-refractivity contribution < 1.29 is 4.79 Å². The van der Waals surface area contributed by atoms with Gasteiger partial charge in [-0.05, 0) is 37.5 Å². The number of aromatic nitrogens is 2. The molecule has 3 rings (SSSR count).